The van der Waals surface area contributed by atoms with E-state index < -0.39 is 11.2 Å². The lowest BCUT2D eigenvalue weighted by atomic mass is 10.1. The summed E-state index contributed by atoms with van der Waals surface area (Å²) in [6.45, 7) is 1.84. The molecule has 116 valence electrons. The van der Waals surface area contributed by atoms with Gasteiger partial charge in [-0.25, -0.2) is 4.79 Å². The van der Waals surface area contributed by atoms with Crippen LogP contribution in [0.3, 0.4) is 0 Å². The lowest BCUT2D eigenvalue weighted by molar-refractivity contribution is -0.121. The second-order valence-corrected chi connectivity index (χ2v) is 5.03. The van der Waals surface area contributed by atoms with Gasteiger partial charge in [0.2, 0.25) is 5.91 Å². The Bertz CT molecular complexity index is 766. The number of carbonyl (C=O) groups excluding carboxylic acids is 1. The molecule has 0 saturated heterocycles. The van der Waals surface area contributed by atoms with Crippen molar-refractivity contribution in [1.29, 1.82) is 0 Å². The van der Waals surface area contributed by atoms with Crippen LogP contribution in [0.5, 0.6) is 0 Å². The Balaban J connectivity index is 1.97. The minimum absolute atomic E-state index is 0.0890. The van der Waals surface area contributed by atoms with E-state index in [1.807, 2.05) is 6.92 Å². The molecule has 2 aromatic heterocycles. The second kappa shape index (κ2) is 6.79. The van der Waals surface area contributed by atoms with Gasteiger partial charge in [0.15, 0.2) is 0 Å². The van der Waals surface area contributed by atoms with Crippen LogP contribution < -0.4 is 16.6 Å². The molecule has 0 aliphatic carbocycles. The molecule has 2 N–H and O–H groups in total. The fourth-order valence-electron chi connectivity index (χ4n) is 2.04. The molecular formula is C14H17N5O3. The number of hydrogen-bond donors (Lipinski definition) is 2. The molecule has 0 aliphatic rings. The number of aromatic nitrogens is 4. The van der Waals surface area contributed by atoms with Crippen LogP contribution in [0.2, 0.25) is 0 Å². The molecule has 0 aromatic carbocycles. The van der Waals surface area contributed by atoms with Crippen molar-refractivity contribution in [3.8, 4) is 0 Å². The fourth-order valence-corrected chi connectivity index (χ4v) is 2.04. The Kier molecular flexibility index (Phi) is 4.82. The van der Waals surface area contributed by atoms with Crippen molar-refractivity contribution in [2.45, 2.75) is 25.8 Å². The molecule has 22 heavy (non-hydrogen) atoms. The second-order valence-electron chi connectivity index (χ2n) is 5.03. The van der Waals surface area contributed by atoms with Gasteiger partial charge in [0.25, 0.3) is 5.56 Å². The molecule has 2 heterocycles. The number of aromatic amines is 1. The summed E-state index contributed by atoms with van der Waals surface area (Å²) >= 11 is 0. The largest absolute Gasteiger partial charge is 0.353 e. The summed E-state index contributed by atoms with van der Waals surface area (Å²) in [5, 5.41) is 2.79. The van der Waals surface area contributed by atoms with E-state index in [2.05, 4.69) is 20.3 Å². The number of nitrogens with one attached hydrogen (secondary N) is 2. The van der Waals surface area contributed by atoms with Crippen LogP contribution in [-0.4, -0.2) is 31.5 Å². The van der Waals surface area contributed by atoms with Gasteiger partial charge in [-0.05, 0) is 6.92 Å². The van der Waals surface area contributed by atoms with E-state index >= 15 is 0 Å². The number of hydrogen-bond acceptors (Lipinski definition) is 5. The Labute approximate surface area is 126 Å². The maximum absolute atomic E-state index is 12.0. The summed E-state index contributed by atoms with van der Waals surface area (Å²) in [6, 6.07) is -0.143. The average Bonchev–Trinajstić information content (AvgIpc) is 2.49. The SMILES string of the molecule is CC(Cc1cnccn1)NC(=O)Cc1c[nH]c(=O)n(C)c1=O. The molecule has 0 radical (unpaired) electrons. The van der Waals surface area contributed by atoms with Crippen molar-refractivity contribution in [2.24, 2.45) is 7.05 Å². The van der Waals surface area contributed by atoms with Crippen molar-refractivity contribution < 1.29 is 4.79 Å². The third kappa shape index (κ3) is 3.87. The first-order chi connectivity index (χ1) is 10.5. The zero-order valence-corrected chi connectivity index (χ0v) is 12.4. The highest BCUT2D eigenvalue weighted by Crippen LogP contribution is 1.98. The molecule has 0 saturated carbocycles. The molecule has 1 atom stereocenters. The molecular weight excluding hydrogens is 286 g/mol. The monoisotopic (exact) mass is 303 g/mol. The van der Waals surface area contributed by atoms with Crippen LogP contribution in [0.25, 0.3) is 0 Å². The highest BCUT2D eigenvalue weighted by molar-refractivity contribution is 5.78. The first-order valence-electron chi connectivity index (χ1n) is 6.79. The van der Waals surface area contributed by atoms with Crippen molar-refractivity contribution in [3.63, 3.8) is 0 Å². The van der Waals surface area contributed by atoms with Gasteiger partial charge in [0.1, 0.15) is 0 Å². The molecule has 8 heteroatoms. The van der Waals surface area contributed by atoms with Crippen molar-refractivity contribution >= 4 is 5.91 Å². The molecule has 0 bridgehead atoms. The number of nitrogens with zero attached hydrogens (tertiary/aromatic N) is 3. The van der Waals surface area contributed by atoms with Crippen molar-refractivity contribution in [3.05, 3.63) is 56.9 Å². The minimum atomic E-state index is -0.509. The van der Waals surface area contributed by atoms with Crippen molar-refractivity contribution in [1.82, 2.24) is 24.8 Å². The number of carbonyl (C=O) groups is 1. The molecule has 0 fully saturated rings. The van der Waals surface area contributed by atoms with Gasteiger partial charge >= 0.3 is 5.69 Å². The predicted molar refractivity (Wildman–Crippen MR) is 79.3 cm³/mol. The van der Waals surface area contributed by atoms with E-state index in [4.69, 9.17) is 0 Å². The standard InChI is InChI=1S/C14H17N5O3/c1-9(5-11-8-15-3-4-16-11)18-12(20)6-10-7-17-14(22)19(2)13(10)21/h3-4,7-9H,5-6H2,1-2H3,(H,17,22)(H,18,20). The van der Waals surface area contributed by atoms with E-state index in [0.717, 1.165) is 10.3 Å². The lowest BCUT2D eigenvalue weighted by Crippen LogP contribution is -2.39. The van der Waals surface area contributed by atoms with Gasteiger partial charge in [0, 0.05) is 49.9 Å². The topological polar surface area (TPSA) is 110 Å². The quantitative estimate of drug-likeness (QED) is 0.748. The molecule has 0 spiro atoms. The fraction of sp³-hybridized carbons (Fsp3) is 0.357. The summed E-state index contributed by atoms with van der Waals surface area (Å²) in [4.78, 5) is 45.6. The zero-order valence-electron chi connectivity index (χ0n) is 12.4. The molecule has 0 aliphatic heterocycles. The van der Waals surface area contributed by atoms with E-state index in [9.17, 15) is 14.4 Å². The first kappa shape index (κ1) is 15.6. The smallest absolute Gasteiger partial charge is 0.328 e. The zero-order chi connectivity index (χ0) is 16.1. The average molecular weight is 303 g/mol. The van der Waals surface area contributed by atoms with Gasteiger partial charge < -0.3 is 10.3 Å². The van der Waals surface area contributed by atoms with Crippen molar-refractivity contribution in [2.75, 3.05) is 0 Å². The van der Waals surface area contributed by atoms with Gasteiger partial charge in [-0.1, -0.05) is 0 Å². The van der Waals surface area contributed by atoms with Crippen LogP contribution in [-0.2, 0) is 24.7 Å². The van der Waals surface area contributed by atoms with Gasteiger partial charge in [-0.2, -0.15) is 0 Å². The highest BCUT2D eigenvalue weighted by atomic mass is 16.2. The van der Waals surface area contributed by atoms with Gasteiger partial charge in [-0.15, -0.1) is 0 Å². The van der Waals surface area contributed by atoms with Crippen LogP contribution in [0.1, 0.15) is 18.2 Å². The molecule has 1 unspecified atom stereocenters. The van der Waals surface area contributed by atoms with E-state index in [1.165, 1.54) is 13.2 Å². The Morgan fingerprint density at radius 2 is 2.18 bits per heavy atom. The van der Waals surface area contributed by atoms with Crippen LogP contribution in [0.4, 0.5) is 0 Å². The normalized spacial score (nSPS) is 11.9. The number of H-pyrrole nitrogens is 1. The third-order valence-electron chi connectivity index (χ3n) is 3.14. The Morgan fingerprint density at radius 3 is 2.86 bits per heavy atom. The van der Waals surface area contributed by atoms with E-state index in [1.54, 1.807) is 18.6 Å². The van der Waals surface area contributed by atoms with E-state index in [-0.39, 0.29) is 23.9 Å². The predicted octanol–water partition coefficient (Wildman–Crippen LogP) is -0.846. The first-order valence-corrected chi connectivity index (χ1v) is 6.79. The van der Waals surface area contributed by atoms with E-state index in [0.29, 0.717) is 6.42 Å². The summed E-state index contributed by atoms with van der Waals surface area (Å²) in [5.41, 5.74) is 0.0345. The lowest BCUT2D eigenvalue weighted by Gasteiger charge is -2.13. The molecule has 8 nitrogen and oxygen atoms in total. The minimum Gasteiger partial charge on any atom is -0.353 e. The van der Waals surface area contributed by atoms with Crippen LogP contribution in [0, 0.1) is 0 Å². The summed E-state index contributed by atoms with van der Waals surface area (Å²) in [5.74, 6) is -0.291. The van der Waals surface area contributed by atoms with Gasteiger partial charge in [-0.3, -0.25) is 24.1 Å². The van der Waals surface area contributed by atoms with Gasteiger partial charge in [0.05, 0.1) is 12.1 Å². The highest BCUT2D eigenvalue weighted by Gasteiger charge is 2.12. The summed E-state index contributed by atoms with van der Waals surface area (Å²) in [6.07, 6.45) is 6.54. The summed E-state index contributed by atoms with van der Waals surface area (Å²) in [7, 11) is 1.36. The Hall–Kier alpha value is -2.77. The molecule has 1 amide bonds. The van der Waals surface area contributed by atoms with Crippen LogP contribution in [0.15, 0.2) is 34.4 Å². The third-order valence-corrected chi connectivity index (χ3v) is 3.14. The molecule has 2 aromatic rings. The molecule has 2 rings (SSSR count). The number of rotatable bonds is 5. The van der Waals surface area contributed by atoms with Crippen LogP contribution >= 0.6 is 0 Å². The maximum atomic E-state index is 12.0. The Morgan fingerprint density at radius 1 is 1.41 bits per heavy atom. The number of amides is 1. The maximum Gasteiger partial charge on any atom is 0.328 e. The summed E-state index contributed by atoms with van der Waals surface area (Å²) < 4.78 is 0.936.